The van der Waals surface area contributed by atoms with Gasteiger partial charge in [0.25, 0.3) is 5.56 Å². The Morgan fingerprint density at radius 1 is 1.33 bits per heavy atom. The number of rotatable bonds is 8. The molecule has 3 aromatic rings. The van der Waals surface area contributed by atoms with Gasteiger partial charge in [-0.25, -0.2) is 4.98 Å². The number of allylic oxidation sites excluding steroid dienone is 1. The van der Waals surface area contributed by atoms with Crippen LogP contribution in [0.5, 0.6) is 0 Å². The van der Waals surface area contributed by atoms with E-state index < -0.39 is 0 Å². The maximum Gasteiger partial charge on any atom is 0.272 e. The van der Waals surface area contributed by atoms with E-state index in [1.807, 2.05) is 35.7 Å². The van der Waals surface area contributed by atoms with Gasteiger partial charge >= 0.3 is 0 Å². The van der Waals surface area contributed by atoms with Crippen LogP contribution in [-0.4, -0.2) is 21.2 Å². The summed E-state index contributed by atoms with van der Waals surface area (Å²) in [5.41, 5.74) is 2.60. The molecule has 27 heavy (non-hydrogen) atoms. The summed E-state index contributed by atoms with van der Waals surface area (Å²) in [5, 5.41) is 5.26. The lowest BCUT2D eigenvalue weighted by molar-refractivity contribution is -0.113. The molecule has 0 fully saturated rings. The molecule has 0 aliphatic carbocycles. The van der Waals surface area contributed by atoms with Gasteiger partial charge in [-0.1, -0.05) is 43.3 Å². The molecule has 0 saturated heterocycles. The molecule has 2 heterocycles. The van der Waals surface area contributed by atoms with Crippen LogP contribution in [0.15, 0.2) is 58.3 Å². The number of carbonyl (C=O) groups is 1. The Balaban J connectivity index is 1.70. The van der Waals surface area contributed by atoms with Crippen LogP contribution in [0.3, 0.4) is 0 Å². The second-order valence-corrected chi connectivity index (χ2v) is 7.88. The SMILES string of the molecule is C=CCn1c(SCC(=O)Nc2ccc(CCC)cc2)nc2ccsc2c1=O. The van der Waals surface area contributed by atoms with Gasteiger partial charge < -0.3 is 5.32 Å². The van der Waals surface area contributed by atoms with Gasteiger partial charge in [-0.05, 0) is 35.6 Å². The molecule has 0 spiro atoms. The molecule has 0 aliphatic rings. The predicted molar refractivity (Wildman–Crippen MR) is 114 cm³/mol. The van der Waals surface area contributed by atoms with Crippen LogP contribution in [-0.2, 0) is 17.8 Å². The first-order chi connectivity index (χ1) is 13.1. The van der Waals surface area contributed by atoms with Crippen LogP contribution < -0.4 is 10.9 Å². The molecule has 3 rings (SSSR count). The third kappa shape index (κ3) is 4.67. The Hall–Kier alpha value is -2.38. The van der Waals surface area contributed by atoms with Gasteiger partial charge in [0.05, 0.1) is 11.3 Å². The number of nitrogens with one attached hydrogen (secondary N) is 1. The standard InChI is InChI=1S/C20H21N3O2S2/c1-3-5-14-6-8-15(9-7-14)21-17(24)13-27-20-22-16-10-12-26-18(16)19(25)23(20)11-4-2/h4,6-10,12H,2-3,5,11,13H2,1H3,(H,21,24). The van der Waals surface area contributed by atoms with Crippen molar-refractivity contribution in [3.63, 3.8) is 0 Å². The summed E-state index contributed by atoms with van der Waals surface area (Å²) in [6.07, 6.45) is 3.78. The Bertz CT molecular complexity index is 1010. The van der Waals surface area contributed by atoms with E-state index >= 15 is 0 Å². The maximum atomic E-state index is 12.6. The summed E-state index contributed by atoms with van der Waals surface area (Å²) in [4.78, 5) is 29.4. The molecule has 0 saturated carbocycles. The predicted octanol–water partition coefficient (Wildman–Crippen LogP) is 4.33. The Kier molecular flexibility index (Phi) is 6.47. The lowest BCUT2D eigenvalue weighted by atomic mass is 10.1. The molecule has 0 bridgehead atoms. The van der Waals surface area contributed by atoms with Crippen molar-refractivity contribution in [1.82, 2.24) is 9.55 Å². The highest BCUT2D eigenvalue weighted by molar-refractivity contribution is 7.99. The fourth-order valence-corrected chi connectivity index (χ4v) is 4.28. The molecule has 1 N–H and O–H groups in total. The lowest BCUT2D eigenvalue weighted by Gasteiger charge is -2.10. The number of fused-ring (bicyclic) bond motifs is 1. The van der Waals surface area contributed by atoms with Gasteiger partial charge in [0.2, 0.25) is 5.91 Å². The van der Waals surface area contributed by atoms with E-state index in [0.29, 0.717) is 21.9 Å². The quantitative estimate of drug-likeness (QED) is 0.348. The fraction of sp³-hybridized carbons (Fsp3) is 0.250. The highest BCUT2D eigenvalue weighted by Gasteiger charge is 2.13. The summed E-state index contributed by atoms with van der Waals surface area (Å²) < 4.78 is 2.18. The van der Waals surface area contributed by atoms with Crippen molar-refractivity contribution in [1.29, 1.82) is 0 Å². The van der Waals surface area contributed by atoms with Crippen LogP contribution in [0.25, 0.3) is 10.2 Å². The number of hydrogen-bond acceptors (Lipinski definition) is 5. The molecule has 0 atom stereocenters. The summed E-state index contributed by atoms with van der Waals surface area (Å²) in [7, 11) is 0. The molecule has 5 nitrogen and oxygen atoms in total. The molecule has 7 heteroatoms. The number of hydrogen-bond donors (Lipinski definition) is 1. The molecular formula is C20H21N3O2S2. The van der Waals surface area contributed by atoms with Gasteiger partial charge in [-0.3, -0.25) is 14.2 Å². The largest absolute Gasteiger partial charge is 0.325 e. The van der Waals surface area contributed by atoms with Crippen molar-refractivity contribution in [2.24, 2.45) is 0 Å². The van der Waals surface area contributed by atoms with E-state index in [1.54, 1.807) is 10.6 Å². The topological polar surface area (TPSA) is 64.0 Å². The zero-order valence-corrected chi connectivity index (χ0v) is 16.7. The van der Waals surface area contributed by atoms with Crippen LogP contribution in [0.1, 0.15) is 18.9 Å². The van der Waals surface area contributed by atoms with Crippen LogP contribution >= 0.6 is 23.1 Å². The number of aromatic nitrogens is 2. The lowest BCUT2D eigenvalue weighted by Crippen LogP contribution is -2.23. The van der Waals surface area contributed by atoms with Crippen molar-refractivity contribution >= 4 is 44.9 Å². The van der Waals surface area contributed by atoms with E-state index in [1.165, 1.54) is 28.7 Å². The van der Waals surface area contributed by atoms with Crippen LogP contribution in [0, 0.1) is 0 Å². The molecule has 0 aliphatic heterocycles. The number of carbonyl (C=O) groups excluding carboxylic acids is 1. The van der Waals surface area contributed by atoms with Gasteiger partial charge in [-0.2, -0.15) is 0 Å². The summed E-state index contributed by atoms with van der Waals surface area (Å²) in [6.45, 7) is 6.21. The number of aryl methyl sites for hydroxylation is 1. The number of amides is 1. The van der Waals surface area contributed by atoms with Crippen molar-refractivity contribution < 1.29 is 4.79 Å². The number of nitrogens with zero attached hydrogens (tertiary/aromatic N) is 2. The Morgan fingerprint density at radius 2 is 2.11 bits per heavy atom. The summed E-state index contributed by atoms with van der Waals surface area (Å²) in [5.74, 6) is 0.0451. The minimum absolute atomic E-state index is 0.0932. The van der Waals surface area contributed by atoms with Crippen molar-refractivity contribution in [2.45, 2.75) is 31.5 Å². The van der Waals surface area contributed by atoms with Crippen LogP contribution in [0.2, 0.25) is 0 Å². The average Bonchev–Trinajstić information content (AvgIpc) is 3.13. The number of thiophene rings is 1. The van der Waals surface area contributed by atoms with E-state index in [-0.39, 0.29) is 17.2 Å². The third-order valence-corrected chi connectivity index (χ3v) is 5.82. The first kappa shape index (κ1) is 19.4. The Morgan fingerprint density at radius 3 is 2.81 bits per heavy atom. The van der Waals surface area contributed by atoms with Crippen molar-refractivity contribution in [3.8, 4) is 0 Å². The molecule has 2 aromatic heterocycles. The van der Waals surface area contributed by atoms with Gasteiger partial charge in [0.15, 0.2) is 5.16 Å². The normalized spacial score (nSPS) is 10.9. The molecular weight excluding hydrogens is 378 g/mol. The van der Waals surface area contributed by atoms with Crippen LogP contribution in [0.4, 0.5) is 5.69 Å². The third-order valence-electron chi connectivity index (χ3n) is 3.95. The average molecular weight is 400 g/mol. The van der Waals surface area contributed by atoms with Crippen molar-refractivity contribution in [2.75, 3.05) is 11.1 Å². The van der Waals surface area contributed by atoms with E-state index in [9.17, 15) is 9.59 Å². The zero-order chi connectivity index (χ0) is 19.2. The van der Waals surface area contributed by atoms with Gasteiger partial charge in [0.1, 0.15) is 4.70 Å². The zero-order valence-electron chi connectivity index (χ0n) is 15.1. The second-order valence-electron chi connectivity index (χ2n) is 6.02. The van der Waals surface area contributed by atoms with E-state index in [4.69, 9.17) is 0 Å². The maximum absolute atomic E-state index is 12.6. The first-order valence-corrected chi connectivity index (χ1v) is 10.6. The van der Waals surface area contributed by atoms with Gasteiger partial charge in [0, 0.05) is 12.2 Å². The molecule has 0 unspecified atom stereocenters. The molecule has 1 amide bonds. The second kappa shape index (κ2) is 9.01. The van der Waals surface area contributed by atoms with E-state index in [0.717, 1.165) is 18.5 Å². The highest BCUT2D eigenvalue weighted by atomic mass is 32.2. The van der Waals surface area contributed by atoms with E-state index in [2.05, 4.69) is 23.8 Å². The molecule has 1 aromatic carbocycles. The number of benzene rings is 1. The highest BCUT2D eigenvalue weighted by Crippen LogP contribution is 2.21. The number of anilines is 1. The summed E-state index contributed by atoms with van der Waals surface area (Å²) >= 11 is 2.63. The monoisotopic (exact) mass is 399 g/mol. The smallest absolute Gasteiger partial charge is 0.272 e. The Labute approximate surface area is 166 Å². The minimum atomic E-state index is -0.131. The molecule has 140 valence electrons. The fourth-order valence-electron chi connectivity index (χ4n) is 2.69. The molecule has 0 radical (unpaired) electrons. The first-order valence-electron chi connectivity index (χ1n) is 8.73. The summed E-state index contributed by atoms with van der Waals surface area (Å²) in [6, 6.07) is 9.70. The number of thioether (sulfide) groups is 1. The van der Waals surface area contributed by atoms with Crippen molar-refractivity contribution in [3.05, 3.63) is 64.3 Å². The minimum Gasteiger partial charge on any atom is -0.325 e. The van der Waals surface area contributed by atoms with Gasteiger partial charge in [-0.15, -0.1) is 17.9 Å².